The third-order valence-electron chi connectivity index (χ3n) is 12.4. The molecule has 0 spiro atoms. The molecule has 0 saturated heterocycles. The fraction of sp³-hybridized carbons (Fsp3) is 0.125. The van der Waals surface area contributed by atoms with Crippen molar-refractivity contribution in [3.63, 3.8) is 0 Å². The van der Waals surface area contributed by atoms with Crippen molar-refractivity contribution >= 4 is 43.6 Å². The molecule has 2 aromatic heterocycles. The molecule has 284 valence electrons. The number of para-hydroxylation sites is 2. The standard InChI is InChI=1S/C56H45N3/c1-33-25-35(3)54(36(4)26-33)42-19-21-47-45-15-8-10-17-50(45)58(52(47)30-42)49-24-23-44(41-14-12-13-40(29-41)32-57)56(39(49)7)59-51-18-11-9-16-46(51)48-22-20-43(31-53(48)59)55-37(5)27-34(2)28-38(55)6/h8-31H,1-7H3. The van der Waals surface area contributed by atoms with Crippen LogP contribution < -0.4 is 0 Å². The van der Waals surface area contributed by atoms with Gasteiger partial charge in [0.2, 0.25) is 0 Å². The molecule has 0 unspecified atom stereocenters. The van der Waals surface area contributed by atoms with E-state index in [4.69, 9.17) is 0 Å². The second-order valence-electron chi connectivity index (χ2n) is 16.5. The Kier molecular flexibility index (Phi) is 8.44. The van der Waals surface area contributed by atoms with Gasteiger partial charge >= 0.3 is 0 Å². The molecule has 0 fully saturated rings. The molecule has 0 N–H and O–H groups in total. The summed E-state index contributed by atoms with van der Waals surface area (Å²) in [7, 11) is 0. The maximum atomic E-state index is 10.1. The monoisotopic (exact) mass is 759 g/mol. The molecule has 8 aromatic carbocycles. The van der Waals surface area contributed by atoms with Gasteiger partial charge in [-0.1, -0.05) is 114 Å². The van der Waals surface area contributed by atoms with Crippen LogP contribution in [0.25, 0.3) is 88.4 Å². The van der Waals surface area contributed by atoms with E-state index in [0.717, 1.165) is 39.1 Å². The van der Waals surface area contributed by atoms with E-state index in [9.17, 15) is 5.26 Å². The van der Waals surface area contributed by atoms with Gasteiger partial charge in [0.25, 0.3) is 0 Å². The first kappa shape index (κ1) is 36.2. The van der Waals surface area contributed by atoms with Crippen molar-refractivity contribution in [2.24, 2.45) is 0 Å². The lowest BCUT2D eigenvalue weighted by atomic mass is 9.93. The molecule has 0 saturated carbocycles. The van der Waals surface area contributed by atoms with E-state index in [0.29, 0.717) is 5.56 Å². The molecule has 10 rings (SSSR count). The van der Waals surface area contributed by atoms with E-state index in [1.165, 1.54) is 88.2 Å². The third-order valence-corrected chi connectivity index (χ3v) is 12.4. The number of aromatic nitrogens is 2. The highest BCUT2D eigenvalue weighted by molar-refractivity contribution is 6.12. The number of hydrogen-bond acceptors (Lipinski definition) is 1. The van der Waals surface area contributed by atoms with Gasteiger partial charge in [-0.25, -0.2) is 0 Å². The average Bonchev–Trinajstić information content (AvgIpc) is 3.72. The summed E-state index contributed by atoms with van der Waals surface area (Å²) < 4.78 is 4.96. The van der Waals surface area contributed by atoms with Crippen LogP contribution in [0, 0.1) is 59.8 Å². The van der Waals surface area contributed by atoms with Gasteiger partial charge in [0, 0.05) is 27.1 Å². The van der Waals surface area contributed by atoms with E-state index >= 15 is 0 Å². The second-order valence-corrected chi connectivity index (χ2v) is 16.5. The van der Waals surface area contributed by atoms with E-state index in [1.54, 1.807) is 0 Å². The van der Waals surface area contributed by atoms with Crippen LogP contribution in [-0.2, 0) is 0 Å². The van der Waals surface area contributed by atoms with Crippen LogP contribution in [0.5, 0.6) is 0 Å². The Labute approximate surface area is 346 Å². The quantitative estimate of drug-likeness (QED) is 0.172. The molecular weight excluding hydrogens is 715 g/mol. The van der Waals surface area contributed by atoms with Gasteiger partial charge < -0.3 is 9.13 Å². The van der Waals surface area contributed by atoms with Gasteiger partial charge in [-0.3, -0.25) is 0 Å². The van der Waals surface area contributed by atoms with Crippen LogP contribution in [0.15, 0.2) is 146 Å². The minimum absolute atomic E-state index is 0.640. The summed E-state index contributed by atoms with van der Waals surface area (Å²) in [4.78, 5) is 0. The largest absolute Gasteiger partial charge is 0.309 e. The molecule has 0 aliphatic rings. The summed E-state index contributed by atoms with van der Waals surface area (Å²) in [5.41, 5.74) is 23.4. The van der Waals surface area contributed by atoms with Crippen LogP contribution in [0.1, 0.15) is 44.5 Å². The number of fused-ring (bicyclic) bond motifs is 6. The lowest BCUT2D eigenvalue weighted by molar-refractivity contribution is 1.10. The molecule has 3 heteroatoms. The molecule has 10 aromatic rings. The van der Waals surface area contributed by atoms with Gasteiger partial charge in [-0.2, -0.15) is 5.26 Å². The number of rotatable bonds is 5. The van der Waals surface area contributed by atoms with Gasteiger partial charge in [-0.05, 0) is 147 Å². The topological polar surface area (TPSA) is 33.6 Å². The molecule has 0 amide bonds. The smallest absolute Gasteiger partial charge is 0.0991 e. The zero-order chi connectivity index (χ0) is 40.7. The van der Waals surface area contributed by atoms with Gasteiger partial charge in [0.1, 0.15) is 0 Å². The highest BCUT2D eigenvalue weighted by Crippen LogP contribution is 2.44. The van der Waals surface area contributed by atoms with Gasteiger partial charge in [-0.15, -0.1) is 0 Å². The van der Waals surface area contributed by atoms with E-state index in [-0.39, 0.29) is 0 Å². The first-order valence-corrected chi connectivity index (χ1v) is 20.5. The van der Waals surface area contributed by atoms with Crippen molar-refractivity contribution in [2.45, 2.75) is 48.5 Å². The van der Waals surface area contributed by atoms with Crippen molar-refractivity contribution in [3.8, 4) is 50.8 Å². The van der Waals surface area contributed by atoms with E-state index < -0.39 is 0 Å². The average molecular weight is 760 g/mol. The van der Waals surface area contributed by atoms with Crippen molar-refractivity contribution in [1.82, 2.24) is 9.13 Å². The lowest BCUT2D eigenvalue weighted by Gasteiger charge is -2.22. The summed E-state index contributed by atoms with van der Waals surface area (Å²) in [6.45, 7) is 15.5. The predicted octanol–water partition coefficient (Wildman–Crippen LogP) is 14.9. The van der Waals surface area contributed by atoms with E-state index in [2.05, 4.69) is 191 Å². The Hall–Kier alpha value is -7.15. The minimum Gasteiger partial charge on any atom is -0.309 e. The zero-order valence-corrected chi connectivity index (χ0v) is 34.7. The molecule has 0 bridgehead atoms. The molecule has 0 aliphatic carbocycles. The molecule has 0 atom stereocenters. The summed E-state index contributed by atoms with van der Waals surface area (Å²) >= 11 is 0. The third kappa shape index (κ3) is 5.70. The fourth-order valence-corrected chi connectivity index (χ4v) is 10.2. The first-order valence-electron chi connectivity index (χ1n) is 20.5. The van der Waals surface area contributed by atoms with Crippen molar-refractivity contribution in [3.05, 3.63) is 190 Å². The van der Waals surface area contributed by atoms with Crippen LogP contribution in [-0.4, -0.2) is 9.13 Å². The highest BCUT2D eigenvalue weighted by atomic mass is 15.0. The van der Waals surface area contributed by atoms with Crippen LogP contribution in [0.4, 0.5) is 0 Å². The Morgan fingerprint density at radius 2 is 0.898 bits per heavy atom. The second kappa shape index (κ2) is 13.8. The number of benzene rings is 8. The van der Waals surface area contributed by atoms with E-state index in [1.807, 2.05) is 18.2 Å². The summed E-state index contributed by atoms with van der Waals surface area (Å²) in [5.74, 6) is 0. The number of nitrogens with zero attached hydrogens (tertiary/aromatic N) is 3. The minimum atomic E-state index is 0.640. The number of nitriles is 1. The lowest BCUT2D eigenvalue weighted by Crippen LogP contribution is -2.06. The number of hydrogen-bond donors (Lipinski definition) is 0. The maximum Gasteiger partial charge on any atom is 0.0991 e. The summed E-state index contributed by atoms with van der Waals surface area (Å²) in [6, 6.07) is 55.7. The molecule has 2 heterocycles. The molecule has 3 nitrogen and oxygen atoms in total. The highest BCUT2D eigenvalue weighted by Gasteiger charge is 2.23. The molecule has 0 radical (unpaired) electrons. The Morgan fingerprint density at radius 1 is 0.407 bits per heavy atom. The SMILES string of the molecule is Cc1cc(C)c(-c2ccc3c4ccccc4n(-c4ccc(-c5cccc(C#N)c5)c(-n5c6ccccc6c6ccc(-c7c(C)cc(C)cc7C)cc65)c4C)c3c2)c(C)c1. The van der Waals surface area contributed by atoms with Gasteiger partial charge in [0.05, 0.1) is 45.1 Å². The Balaban J connectivity index is 1.33. The number of aryl methyl sites for hydroxylation is 6. The first-order chi connectivity index (χ1) is 28.6. The predicted molar refractivity (Wildman–Crippen MR) is 249 cm³/mol. The van der Waals surface area contributed by atoms with Crippen molar-refractivity contribution in [2.75, 3.05) is 0 Å². The van der Waals surface area contributed by atoms with Crippen LogP contribution >= 0.6 is 0 Å². The fourth-order valence-electron chi connectivity index (χ4n) is 10.2. The van der Waals surface area contributed by atoms with Gasteiger partial charge in [0.15, 0.2) is 0 Å². The van der Waals surface area contributed by atoms with Crippen molar-refractivity contribution in [1.29, 1.82) is 5.26 Å². The molecule has 0 aliphatic heterocycles. The van der Waals surface area contributed by atoms with Crippen LogP contribution in [0.3, 0.4) is 0 Å². The molecule has 59 heavy (non-hydrogen) atoms. The summed E-state index contributed by atoms with van der Waals surface area (Å²) in [5, 5.41) is 14.9. The Bertz CT molecular complexity index is 3370. The molecular formula is C56H45N3. The zero-order valence-electron chi connectivity index (χ0n) is 34.7. The Morgan fingerprint density at radius 3 is 1.44 bits per heavy atom. The maximum absolute atomic E-state index is 10.1. The normalized spacial score (nSPS) is 11.6. The summed E-state index contributed by atoms with van der Waals surface area (Å²) in [6.07, 6.45) is 0. The van der Waals surface area contributed by atoms with Crippen LogP contribution in [0.2, 0.25) is 0 Å². The van der Waals surface area contributed by atoms with Crippen molar-refractivity contribution < 1.29 is 0 Å².